The molecule has 18 heavy (non-hydrogen) atoms. The first kappa shape index (κ1) is 9.59. The van der Waals surface area contributed by atoms with Crippen molar-refractivity contribution in [2.75, 3.05) is 0 Å². The highest BCUT2D eigenvalue weighted by atomic mass is 19.1. The summed E-state index contributed by atoms with van der Waals surface area (Å²) >= 11 is 0. The van der Waals surface area contributed by atoms with Gasteiger partial charge in [0.1, 0.15) is 5.82 Å². The van der Waals surface area contributed by atoms with E-state index in [9.17, 15) is 4.39 Å². The van der Waals surface area contributed by atoms with E-state index < -0.39 is 0 Å². The molecule has 86 valence electrons. The van der Waals surface area contributed by atoms with Crippen LogP contribution in [0.25, 0.3) is 32.7 Å². The van der Waals surface area contributed by atoms with Crippen LogP contribution in [0.3, 0.4) is 0 Å². The van der Waals surface area contributed by atoms with Gasteiger partial charge in [0.25, 0.3) is 0 Å². The van der Waals surface area contributed by atoms with E-state index in [-0.39, 0.29) is 5.82 Å². The van der Waals surface area contributed by atoms with Gasteiger partial charge < -0.3 is 4.98 Å². The number of nitrogens with one attached hydrogen (secondary N) is 1. The molecule has 0 aliphatic rings. The molecule has 4 rings (SSSR count). The lowest BCUT2D eigenvalue weighted by molar-refractivity contribution is 0.637. The van der Waals surface area contributed by atoms with Crippen LogP contribution < -0.4 is 0 Å². The van der Waals surface area contributed by atoms with Crippen LogP contribution in [0.1, 0.15) is 0 Å². The molecule has 0 aliphatic carbocycles. The number of benzene rings is 2. The van der Waals surface area contributed by atoms with Crippen molar-refractivity contribution < 1.29 is 4.39 Å². The van der Waals surface area contributed by atoms with E-state index in [0.717, 1.165) is 27.2 Å². The number of aromatic nitrogens is 2. The van der Waals surface area contributed by atoms with Crippen molar-refractivity contribution in [3.63, 3.8) is 0 Å². The smallest absolute Gasteiger partial charge is 0.147 e. The summed E-state index contributed by atoms with van der Waals surface area (Å²) < 4.78 is 13.8. The first-order valence-corrected chi connectivity index (χ1v) is 5.78. The minimum Gasteiger partial charge on any atom is -0.352 e. The predicted molar refractivity (Wildman–Crippen MR) is 71.1 cm³/mol. The molecular formula is C15H9FN2. The topological polar surface area (TPSA) is 28.7 Å². The van der Waals surface area contributed by atoms with Crippen LogP contribution in [0.4, 0.5) is 4.39 Å². The van der Waals surface area contributed by atoms with E-state index >= 15 is 0 Å². The molecule has 4 aromatic rings. The van der Waals surface area contributed by atoms with Gasteiger partial charge in [0.2, 0.25) is 0 Å². The first-order valence-electron chi connectivity index (χ1n) is 5.78. The Labute approximate surface area is 102 Å². The SMILES string of the molecule is Fc1cccc2c1[nH]c1c3ccccc3ncc21. The van der Waals surface area contributed by atoms with Crippen molar-refractivity contribution in [1.29, 1.82) is 0 Å². The molecule has 2 heterocycles. The normalized spacial score (nSPS) is 11.6. The Balaban J connectivity index is 2.33. The number of fused-ring (bicyclic) bond motifs is 5. The Morgan fingerprint density at radius 2 is 1.67 bits per heavy atom. The van der Waals surface area contributed by atoms with Crippen LogP contribution >= 0.6 is 0 Å². The van der Waals surface area contributed by atoms with Crippen molar-refractivity contribution in [2.45, 2.75) is 0 Å². The minimum absolute atomic E-state index is 0.229. The molecule has 2 aromatic heterocycles. The average Bonchev–Trinajstić information content (AvgIpc) is 2.79. The van der Waals surface area contributed by atoms with Gasteiger partial charge in [-0.25, -0.2) is 4.39 Å². The number of hydrogen-bond acceptors (Lipinski definition) is 1. The lowest BCUT2D eigenvalue weighted by Gasteiger charge is -1.97. The zero-order valence-corrected chi connectivity index (χ0v) is 9.44. The zero-order chi connectivity index (χ0) is 12.1. The maximum atomic E-state index is 13.8. The summed E-state index contributed by atoms with van der Waals surface area (Å²) in [5, 5.41) is 2.86. The fraction of sp³-hybridized carbons (Fsp3) is 0. The molecule has 0 radical (unpaired) electrons. The highest BCUT2D eigenvalue weighted by molar-refractivity contribution is 6.15. The number of halogens is 1. The number of hydrogen-bond donors (Lipinski definition) is 1. The fourth-order valence-electron chi connectivity index (χ4n) is 2.48. The third-order valence-electron chi connectivity index (χ3n) is 3.33. The highest BCUT2D eigenvalue weighted by Gasteiger charge is 2.10. The molecule has 0 unspecified atom stereocenters. The summed E-state index contributed by atoms with van der Waals surface area (Å²) in [6, 6.07) is 13.0. The summed E-state index contributed by atoms with van der Waals surface area (Å²) in [6.07, 6.45) is 1.80. The third kappa shape index (κ3) is 1.13. The molecule has 0 saturated carbocycles. The van der Waals surface area contributed by atoms with Crippen molar-refractivity contribution in [3.05, 3.63) is 54.5 Å². The molecule has 3 heteroatoms. The fourth-order valence-corrected chi connectivity index (χ4v) is 2.48. The molecule has 2 aromatic carbocycles. The van der Waals surface area contributed by atoms with E-state index in [4.69, 9.17) is 0 Å². The molecule has 0 aliphatic heterocycles. The number of nitrogens with zero attached hydrogens (tertiary/aromatic N) is 1. The molecule has 0 fully saturated rings. The largest absolute Gasteiger partial charge is 0.352 e. The number of pyridine rings is 1. The van der Waals surface area contributed by atoms with E-state index in [0.29, 0.717) is 5.52 Å². The molecule has 2 nitrogen and oxygen atoms in total. The lowest BCUT2D eigenvalue weighted by Crippen LogP contribution is -1.79. The monoisotopic (exact) mass is 236 g/mol. The predicted octanol–water partition coefficient (Wildman–Crippen LogP) is 4.01. The van der Waals surface area contributed by atoms with Gasteiger partial charge in [0, 0.05) is 22.4 Å². The second kappa shape index (κ2) is 3.29. The van der Waals surface area contributed by atoms with E-state index in [1.807, 2.05) is 30.3 Å². The van der Waals surface area contributed by atoms with Crippen LogP contribution in [-0.4, -0.2) is 9.97 Å². The Kier molecular flexibility index (Phi) is 1.75. The third-order valence-corrected chi connectivity index (χ3v) is 3.33. The number of rotatable bonds is 0. The van der Waals surface area contributed by atoms with Crippen molar-refractivity contribution >= 4 is 32.7 Å². The molecular weight excluding hydrogens is 227 g/mol. The second-order valence-electron chi connectivity index (χ2n) is 4.35. The van der Waals surface area contributed by atoms with Gasteiger partial charge >= 0.3 is 0 Å². The number of aromatic amines is 1. The summed E-state index contributed by atoms with van der Waals surface area (Å²) in [6.45, 7) is 0. The first-order chi connectivity index (χ1) is 8.84. The number of para-hydroxylation sites is 2. The molecule has 0 saturated heterocycles. The van der Waals surface area contributed by atoms with Crippen LogP contribution in [0.5, 0.6) is 0 Å². The van der Waals surface area contributed by atoms with Gasteiger partial charge in [-0.1, -0.05) is 30.3 Å². The standard InChI is InChI=1S/C15H9FN2/c16-12-6-3-5-9-11-8-17-13-7-2-1-4-10(13)14(11)18-15(9)12/h1-8,18H. The highest BCUT2D eigenvalue weighted by Crippen LogP contribution is 2.30. The molecule has 0 amide bonds. The summed E-state index contributed by atoms with van der Waals surface area (Å²) in [7, 11) is 0. The van der Waals surface area contributed by atoms with Crippen LogP contribution in [-0.2, 0) is 0 Å². The van der Waals surface area contributed by atoms with Crippen molar-refractivity contribution in [1.82, 2.24) is 9.97 Å². The van der Waals surface area contributed by atoms with E-state index in [2.05, 4.69) is 9.97 Å². The summed E-state index contributed by atoms with van der Waals surface area (Å²) in [4.78, 5) is 7.59. The molecule has 0 atom stereocenters. The van der Waals surface area contributed by atoms with Crippen molar-refractivity contribution in [2.24, 2.45) is 0 Å². The summed E-state index contributed by atoms with van der Waals surface area (Å²) in [5.41, 5.74) is 2.41. The van der Waals surface area contributed by atoms with Gasteiger partial charge in [0.05, 0.1) is 16.6 Å². The van der Waals surface area contributed by atoms with Crippen LogP contribution in [0, 0.1) is 5.82 Å². The molecule has 1 N–H and O–H groups in total. The van der Waals surface area contributed by atoms with Gasteiger partial charge in [-0.3, -0.25) is 4.98 Å². The maximum Gasteiger partial charge on any atom is 0.147 e. The van der Waals surface area contributed by atoms with Gasteiger partial charge in [-0.2, -0.15) is 0 Å². The van der Waals surface area contributed by atoms with Gasteiger partial charge in [-0.15, -0.1) is 0 Å². The Bertz CT molecular complexity index is 893. The molecule has 0 bridgehead atoms. The Morgan fingerprint density at radius 3 is 2.61 bits per heavy atom. The maximum absolute atomic E-state index is 13.8. The summed E-state index contributed by atoms with van der Waals surface area (Å²) in [5.74, 6) is -0.229. The minimum atomic E-state index is -0.229. The van der Waals surface area contributed by atoms with Crippen LogP contribution in [0.2, 0.25) is 0 Å². The second-order valence-corrected chi connectivity index (χ2v) is 4.35. The quantitative estimate of drug-likeness (QED) is 0.491. The van der Waals surface area contributed by atoms with Gasteiger partial charge in [0.15, 0.2) is 0 Å². The average molecular weight is 236 g/mol. The van der Waals surface area contributed by atoms with E-state index in [1.54, 1.807) is 12.3 Å². The van der Waals surface area contributed by atoms with Gasteiger partial charge in [-0.05, 0) is 12.1 Å². The molecule has 0 spiro atoms. The lowest BCUT2D eigenvalue weighted by atomic mass is 10.1. The van der Waals surface area contributed by atoms with E-state index in [1.165, 1.54) is 6.07 Å². The Morgan fingerprint density at radius 1 is 0.833 bits per heavy atom. The van der Waals surface area contributed by atoms with Crippen molar-refractivity contribution in [3.8, 4) is 0 Å². The Hall–Kier alpha value is -2.42. The number of H-pyrrole nitrogens is 1. The van der Waals surface area contributed by atoms with Crippen LogP contribution in [0.15, 0.2) is 48.7 Å². The zero-order valence-electron chi connectivity index (χ0n) is 9.44.